The molecule has 1 atom stereocenters. The number of sulfonamides is 1. The fourth-order valence-corrected chi connectivity index (χ4v) is 5.46. The molecule has 1 N–H and O–H groups in total. The van der Waals surface area contributed by atoms with Gasteiger partial charge in [-0.3, -0.25) is 14.4 Å². The zero-order valence-corrected chi connectivity index (χ0v) is 20.5. The van der Waals surface area contributed by atoms with Crippen molar-refractivity contribution in [1.29, 1.82) is 0 Å². The first-order valence-corrected chi connectivity index (χ1v) is 12.8. The van der Waals surface area contributed by atoms with Gasteiger partial charge < -0.3 is 10.1 Å². The van der Waals surface area contributed by atoms with Gasteiger partial charge in [0.2, 0.25) is 15.8 Å². The molecule has 0 fully saturated rings. The summed E-state index contributed by atoms with van der Waals surface area (Å²) in [4.78, 5) is 37.2. The minimum Gasteiger partial charge on any atom is -0.453 e. The number of aryl methyl sites for hydroxylation is 2. The maximum absolute atomic E-state index is 12.6. The van der Waals surface area contributed by atoms with Gasteiger partial charge in [0.25, 0.3) is 5.91 Å². The number of benzene rings is 2. The molecule has 3 rings (SSSR count). The molecule has 0 heterocycles. The normalized spacial score (nSPS) is 13.9. The smallest absolute Gasteiger partial charge is 0.326 e. The van der Waals surface area contributed by atoms with E-state index in [0.29, 0.717) is 18.7 Å². The van der Waals surface area contributed by atoms with Crippen LogP contribution in [-0.4, -0.2) is 56.1 Å². The second-order valence-electron chi connectivity index (χ2n) is 8.13. The number of carbonyl (C=O) groups is 3. The second kappa shape index (κ2) is 10.9. The van der Waals surface area contributed by atoms with Crippen molar-refractivity contribution >= 4 is 27.7 Å². The SMILES string of the molecule is CCN(CC)S(=O)(=O)c1ccc(C(=O)NCC(=O)OC(C)C(=O)c2ccc3c(c2)CCC3)cc1. The number of ether oxygens (including phenoxy) is 1. The van der Waals surface area contributed by atoms with Gasteiger partial charge in [-0.15, -0.1) is 0 Å². The van der Waals surface area contributed by atoms with Crippen molar-refractivity contribution in [3.63, 3.8) is 0 Å². The number of amides is 1. The van der Waals surface area contributed by atoms with Gasteiger partial charge >= 0.3 is 5.97 Å². The number of hydrogen-bond donors (Lipinski definition) is 1. The molecule has 1 amide bonds. The monoisotopic (exact) mass is 486 g/mol. The molecule has 0 bridgehead atoms. The summed E-state index contributed by atoms with van der Waals surface area (Å²) in [6.07, 6.45) is 2.06. The molecular formula is C25H30N2O6S. The first-order valence-electron chi connectivity index (χ1n) is 11.4. The fourth-order valence-electron chi connectivity index (χ4n) is 4.00. The van der Waals surface area contributed by atoms with E-state index < -0.39 is 34.5 Å². The highest BCUT2D eigenvalue weighted by Gasteiger charge is 2.23. The summed E-state index contributed by atoms with van der Waals surface area (Å²) >= 11 is 0. The molecule has 0 saturated heterocycles. The van der Waals surface area contributed by atoms with Crippen molar-refractivity contribution in [2.24, 2.45) is 0 Å². The summed E-state index contributed by atoms with van der Waals surface area (Å²) in [6, 6.07) is 11.1. The highest BCUT2D eigenvalue weighted by atomic mass is 32.2. The molecule has 0 aromatic heterocycles. The number of nitrogens with one attached hydrogen (secondary N) is 1. The van der Waals surface area contributed by atoms with E-state index in [9.17, 15) is 22.8 Å². The van der Waals surface area contributed by atoms with Crippen LogP contribution >= 0.6 is 0 Å². The third-order valence-corrected chi connectivity index (χ3v) is 7.98. The van der Waals surface area contributed by atoms with Crippen LogP contribution in [0.4, 0.5) is 0 Å². The van der Waals surface area contributed by atoms with E-state index in [4.69, 9.17) is 4.74 Å². The quantitative estimate of drug-likeness (QED) is 0.409. The lowest BCUT2D eigenvalue weighted by Gasteiger charge is -2.18. The van der Waals surface area contributed by atoms with E-state index in [-0.39, 0.29) is 16.2 Å². The third kappa shape index (κ3) is 5.71. The Morgan fingerprint density at radius 1 is 0.971 bits per heavy atom. The topological polar surface area (TPSA) is 110 Å². The van der Waals surface area contributed by atoms with Crippen molar-refractivity contribution in [3.8, 4) is 0 Å². The summed E-state index contributed by atoms with van der Waals surface area (Å²) in [7, 11) is -3.62. The molecule has 0 aliphatic heterocycles. The minimum absolute atomic E-state index is 0.0889. The average Bonchev–Trinajstić information content (AvgIpc) is 3.30. The summed E-state index contributed by atoms with van der Waals surface area (Å²) < 4.78 is 31.6. The molecule has 182 valence electrons. The highest BCUT2D eigenvalue weighted by molar-refractivity contribution is 7.89. The number of Topliss-reactive ketones (excluding diaryl/α,β-unsaturated/α-hetero) is 1. The summed E-state index contributed by atoms with van der Waals surface area (Å²) in [6.45, 7) is 5.28. The summed E-state index contributed by atoms with van der Waals surface area (Å²) in [5.41, 5.74) is 3.12. The van der Waals surface area contributed by atoms with Crippen molar-refractivity contribution in [3.05, 3.63) is 64.7 Å². The molecule has 8 nitrogen and oxygen atoms in total. The Bertz CT molecular complexity index is 1170. The number of ketones is 1. The molecule has 1 aliphatic carbocycles. The van der Waals surface area contributed by atoms with Crippen LogP contribution in [0.2, 0.25) is 0 Å². The van der Waals surface area contributed by atoms with Gasteiger partial charge in [0.05, 0.1) is 4.90 Å². The van der Waals surface area contributed by atoms with Crippen LogP contribution in [0.5, 0.6) is 0 Å². The number of carbonyl (C=O) groups excluding carboxylic acids is 3. The number of hydrogen-bond acceptors (Lipinski definition) is 6. The Morgan fingerprint density at radius 3 is 2.24 bits per heavy atom. The predicted molar refractivity (Wildman–Crippen MR) is 127 cm³/mol. The molecule has 0 radical (unpaired) electrons. The maximum Gasteiger partial charge on any atom is 0.326 e. The average molecular weight is 487 g/mol. The lowest BCUT2D eigenvalue weighted by atomic mass is 10.0. The van der Waals surface area contributed by atoms with Crippen molar-refractivity contribution in [1.82, 2.24) is 9.62 Å². The van der Waals surface area contributed by atoms with Gasteiger partial charge in [-0.1, -0.05) is 26.0 Å². The largest absolute Gasteiger partial charge is 0.453 e. The van der Waals surface area contributed by atoms with Crippen LogP contribution in [-0.2, 0) is 32.4 Å². The zero-order valence-electron chi connectivity index (χ0n) is 19.7. The van der Waals surface area contributed by atoms with E-state index in [1.54, 1.807) is 19.9 Å². The maximum atomic E-state index is 12.6. The Labute approximate surface area is 200 Å². The minimum atomic E-state index is -3.62. The van der Waals surface area contributed by atoms with Crippen molar-refractivity contribution in [2.45, 2.75) is 51.0 Å². The van der Waals surface area contributed by atoms with E-state index in [2.05, 4.69) is 5.32 Å². The first kappa shape index (κ1) is 25.6. The predicted octanol–water partition coefficient (Wildman–Crippen LogP) is 2.75. The lowest BCUT2D eigenvalue weighted by molar-refractivity contribution is -0.145. The van der Waals surface area contributed by atoms with Crippen LogP contribution in [0.25, 0.3) is 0 Å². The standard InChI is InChI=1S/C25H30N2O6S/c1-4-27(5-2)34(31,32)22-13-11-19(12-14-22)25(30)26-16-23(28)33-17(3)24(29)21-10-9-18-7-6-8-20(18)15-21/h9-15,17H,4-8,16H2,1-3H3,(H,26,30). The van der Waals surface area contributed by atoms with E-state index in [0.717, 1.165) is 24.8 Å². The Kier molecular flexibility index (Phi) is 8.22. The molecule has 34 heavy (non-hydrogen) atoms. The molecule has 0 spiro atoms. The zero-order chi connectivity index (χ0) is 24.9. The number of nitrogens with zero attached hydrogens (tertiary/aromatic N) is 1. The Morgan fingerprint density at radius 2 is 1.59 bits per heavy atom. The van der Waals surface area contributed by atoms with Crippen LogP contribution in [0.15, 0.2) is 47.4 Å². The molecule has 0 saturated carbocycles. The van der Waals surface area contributed by atoms with Gasteiger partial charge in [0.1, 0.15) is 6.54 Å². The van der Waals surface area contributed by atoms with Crippen LogP contribution in [0, 0.1) is 0 Å². The summed E-state index contributed by atoms with van der Waals surface area (Å²) in [5, 5.41) is 2.44. The van der Waals surface area contributed by atoms with Gasteiger partial charge in [-0.05, 0) is 67.6 Å². The number of rotatable bonds is 10. The number of fused-ring (bicyclic) bond motifs is 1. The highest BCUT2D eigenvalue weighted by Crippen LogP contribution is 2.23. The molecular weight excluding hydrogens is 456 g/mol. The van der Waals surface area contributed by atoms with Gasteiger partial charge in [-0.2, -0.15) is 4.31 Å². The Balaban J connectivity index is 1.53. The van der Waals surface area contributed by atoms with Crippen molar-refractivity contribution < 1.29 is 27.5 Å². The third-order valence-electron chi connectivity index (χ3n) is 5.91. The second-order valence-corrected chi connectivity index (χ2v) is 10.1. The van der Waals surface area contributed by atoms with Gasteiger partial charge in [-0.25, -0.2) is 8.42 Å². The van der Waals surface area contributed by atoms with Gasteiger partial charge in [0.15, 0.2) is 6.10 Å². The van der Waals surface area contributed by atoms with Crippen LogP contribution < -0.4 is 5.32 Å². The summed E-state index contributed by atoms with van der Waals surface area (Å²) in [5.74, 6) is -1.59. The lowest BCUT2D eigenvalue weighted by Crippen LogP contribution is -2.34. The van der Waals surface area contributed by atoms with E-state index in [1.807, 2.05) is 12.1 Å². The van der Waals surface area contributed by atoms with Gasteiger partial charge in [0, 0.05) is 24.2 Å². The Hall–Kier alpha value is -3.04. The molecule has 9 heteroatoms. The van der Waals surface area contributed by atoms with E-state index >= 15 is 0 Å². The van der Waals surface area contributed by atoms with Crippen LogP contribution in [0.1, 0.15) is 59.0 Å². The van der Waals surface area contributed by atoms with Crippen LogP contribution in [0.3, 0.4) is 0 Å². The first-order chi connectivity index (χ1) is 16.2. The fraction of sp³-hybridized carbons (Fsp3) is 0.400. The van der Waals surface area contributed by atoms with Crippen molar-refractivity contribution in [2.75, 3.05) is 19.6 Å². The molecule has 2 aromatic carbocycles. The molecule has 2 aromatic rings. The number of esters is 1. The van der Waals surface area contributed by atoms with E-state index in [1.165, 1.54) is 41.1 Å². The molecule has 1 aliphatic rings. The molecule has 1 unspecified atom stereocenters.